The molecular weight excluding hydrogens is 485 g/mol. The first-order valence-corrected chi connectivity index (χ1v) is 11.7. The average Bonchev–Trinajstić information content (AvgIpc) is 3.11. The number of rotatable bonds is 8. The van der Waals surface area contributed by atoms with Crippen molar-refractivity contribution in [3.05, 3.63) is 105 Å². The highest BCUT2D eigenvalue weighted by molar-refractivity contribution is 6.35. The van der Waals surface area contributed by atoms with Crippen LogP contribution in [0.15, 0.2) is 66.7 Å². The lowest BCUT2D eigenvalue weighted by Crippen LogP contribution is -2.14. The Balaban J connectivity index is 1.46. The molecule has 1 heterocycles. The van der Waals surface area contributed by atoms with Crippen LogP contribution in [-0.2, 0) is 13.2 Å². The van der Waals surface area contributed by atoms with Crippen LogP contribution in [0.25, 0.3) is 0 Å². The summed E-state index contributed by atoms with van der Waals surface area (Å²) in [6.07, 6.45) is 0. The van der Waals surface area contributed by atoms with Gasteiger partial charge in [0.15, 0.2) is 0 Å². The van der Waals surface area contributed by atoms with Crippen molar-refractivity contribution in [1.29, 1.82) is 0 Å². The van der Waals surface area contributed by atoms with Gasteiger partial charge >= 0.3 is 0 Å². The zero-order valence-electron chi connectivity index (χ0n) is 19.6. The maximum absolute atomic E-state index is 13.0. The third kappa shape index (κ3) is 5.96. The maximum Gasteiger partial charge on any atom is 0.255 e. The van der Waals surface area contributed by atoms with E-state index in [1.165, 1.54) is 0 Å². The molecule has 4 aromatic rings. The topological polar surface area (TPSA) is 65.4 Å². The number of carbonyl (C=O) groups is 1. The van der Waals surface area contributed by atoms with Crippen molar-refractivity contribution in [2.45, 2.75) is 27.0 Å². The Morgan fingerprint density at radius 1 is 1.00 bits per heavy atom. The SMILES string of the molecule is COc1cccc(Cn2nc(C)c(NC(=O)c3cccc(COc4ccc(Cl)cc4Cl)c3)c2C)c1. The van der Waals surface area contributed by atoms with E-state index in [9.17, 15) is 4.79 Å². The Morgan fingerprint density at radius 3 is 2.54 bits per heavy atom. The number of carbonyl (C=O) groups excluding carboxylic acids is 1. The summed E-state index contributed by atoms with van der Waals surface area (Å²) in [6, 6.07) is 20.2. The molecule has 1 aromatic heterocycles. The van der Waals surface area contributed by atoms with Gasteiger partial charge in [0.05, 0.1) is 35.8 Å². The van der Waals surface area contributed by atoms with Crippen molar-refractivity contribution in [2.75, 3.05) is 12.4 Å². The van der Waals surface area contributed by atoms with Gasteiger partial charge in [0.25, 0.3) is 5.91 Å². The molecule has 0 fully saturated rings. The fourth-order valence-corrected chi connectivity index (χ4v) is 4.18. The van der Waals surface area contributed by atoms with Crippen LogP contribution in [0.5, 0.6) is 11.5 Å². The molecule has 3 aromatic carbocycles. The number of hydrogen-bond acceptors (Lipinski definition) is 4. The molecule has 0 aliphatic carbocycles. The molecule has 180 valence electrons. The van der Waals surface area contributed by atoms with Gasteiger partial charge in [-0.2, -0.15) is 5.10 Å². The van der Waals surface area contributed by atoms with Gasteiger partial charge in [-0.3, -0.25) is 9.48 Å². The minimum atomic E-state index is -0.219. The lowest BCUT2D eigenvalue weighted by Gasteiger charge is -2.10. The van der Waals surface area contributed by atoms with E-state index >= 15 is 0 Å². The number of aromatic nitrogens is 2. The number of amides is 1. The molecule has 0 aliphatic rings. The highest BCUT2D eigenvalue weighted by Gasteiger charge is 2.16. The lowest BCUT2D eigenvalue weighted by molar-refractivity contribution is 0.102. The largest absolute Gasteiger partial charge is 0.497 e. The molecule has 0 aliphatic heterocycles. The Labute approximate surface area is 214 Å². The van der Waals surface area contributed by atoms with Gasteiger partial charge in [-0.05, 0) is 67.4 Å². The Bertz CT molecular complexity index is 1370. The molecule has 6 nitrogen and oxygen atoms in total. The van der Waals surface area contributed by atoms with Crippen LogP contribution in [0.2, 0.25) is 10.0 Å². The van der Waals surface area contributed by atoms with Crippen molar-refractivity contribution in [1.82, 2.24) is 9.78 Å². The molecule has 0 bridgehead atoms. The Hall–Kier alpha value is -3.48. The van der Waals surface area contributed by atoms with Gasteiger partial charge < -0.3 is 14.8 Å². The number of benzene rings is 3. The Kier molecular flexibility index (Phi) is 7.63. The summed E-state index contributed by atoms with van der Waals surface area (Å²) < 4.78 is 13.0. The fraction of sp³-hybridized carbons (Fsp3) is 0.185. The number of halogens is 2. The van der Waals surface area contributed by atoms with Gasteiger partial charge in [0.2, 0.25) is 0 Å². The number of methoxy groups -OCH3 is 1. The van der Waals surface area contributed by atoms with E-state index in [1.807, 2.05) is 54.9 Å². The predicted octanol–water partition coefficient (Wildman–Crippen LogP) is 6.69. The molecule has 35 heavy (non-hydrogen) atoms. The van der Waals surface area contributed by atoms with E-state index in [0.29, 0.717) is 33.6 Å². The van der Waals surface area contributed by atoms with E-state index < -0.39 is 0 Å². The van der Waals surface area contributed by atoms with Crippen molar-refractivity contribution < 1.29 is 14.3 Å². The molecule has 8 heteroatoms. The number of anilines is 1. The second-order valence-electron chi connectivity index (χ2n) is 8.07. The van der Waals surface area contributed by atoms with E-state index in [-0.39, 0.29) is 12.5 Å². The van der Waals surface area contributed by atoms with Gasteiger partial charge in [0, 0.05) is 10.6 Å². The molecule has 1 amide bonds. The number of ether oxygens (including phenoxy) is 2. The molecule has 0 saturated heterocycles. The molecule has 0 radical (unpaired) electrons. The van der Waals surface area contributed by atoms with Crippen LogP contribution in [0.1, 0.15) is 32.9 Å². The van der Waals surface area contributed by atoms with Crippen molar-refractivity contribution in [3.63, 3.8) is 0 Å². The molecule has 0 atom stereocenters. The highest BCUT2D eigenvalue weighted by Crippen LogP contribution is 2.28. The zero-order chi connectivity index (χ0) is 24.9. The highest BCUT2D eigenvalue weighted by atomic mass is 35.5. The average molecular weight is 510 g/mol. The summed E-state index contributed by atoms with van der Waals surface area (Å²) in [7, 11) is 1.64. The predicted molar refractivity (Wildman–Crippen MR) is 139 cm³/mol. The third-order valence-electron chi connectivity index (χ3n) is 5.56. The number of hydrogen-bond donors (Lipinski definition) is 1. The zero-order valence-corrected chi connectivity index (χ0v) is 21.2. The standard InChI is InChI=1S/C27H25Cl2N3O3/c1-17-26(18(2)32(31-17)15-19-6-5-9-23(13-19)34-3)30-27(33)21-8-4-7-20(12-21)16-35-25-11-10-22(28)14-24(25)29/h4-14H,15-16H2,1-3H3,(H,30,33). The summed E-state index contributed by atoms with van der Waals surface area (Å²) in [6.45, 7) is 4.65. The van der Waals surface area contributed by atoms with E-state index in [2.05, 4.69) is 10.4 Å². The van der Waals surface area contributed by atoms with Crippen molar-refractivity contribution >= 4 is 34.8 Å². The monoisotopic (exact) mass is 509 g/mol. The van der Waals surface area contributed by atoms with Crippen LogP contribution in [-0.4, -0.2) is 22.8 Å². The van der Waals surface area contributed by atoms with Gasteiger partial charge in [-0.15, -0.1) is 0 Å². The van der Waals surface area contributed by atoms with E-state index in [0.717, 1.165) is 28.3 Å². The summed E-state index contributed by atoms with van der Waals surface area (Å²) in [5.41, 5.74) is 4.73. The molecular formula is C27H25Cl2N3O3. The first-order chi connectivity index (χ1) is 16.8. The first kappa shape index (κ1) is 24.6. The van der Waals surface area contributed by atoms with Gasteiger partial charge in [-0.1, -0.05) is 47.5 Å². The van der Waals surface area contributed by atoms with Crippen LogP contribution in [0.3, 0.4) is 0 Å². The maximum atomic E-state index is 13.0. The van der Waals surface area contributed by atoms with Crippen molar-refractivity contribution in [3.8, 4) is 11.5 Å². The summed E-state index contributed by atoms with van der Waals surface area (Å²) >= 11 is 12.1. The van der Waals surface area contributed by atoms with E-state index in [4.69, 9.17) is 32.7 Å². The first-order valence-electron chi connectivity index (χ1n) is 11.0. The quantitative estimate of drug-likeness (QED) is 0.287. The molecule has 4 rings (SSSR count). The normalized spacial score (nSPS) is 10.8. The summed E-state index contributed by atoms with van der Waals surface area (Å²) in [5.74, 6) is 1.10. The molecule has 0 unspecified atom stereocenters. The second kappa shape index (κ2) is 10.8. The summed E-state index contributed by atoms with van der Waals surface area (Å²) in [5, 5.41) is 8.61. The minimum absolute atomic E-state index is 0.219. The smallest absolute Gasteiger partial charge is 0.255 e. The van der Waals surface area contributed by atoms with Crippen LogP contribution in [0.4, 0.5) is 5.69 Å². The van der Waals surface area contributed by atoms with Crippen molar-refractivity contribution in [2.24, 2.45) is 0 Å². The van der Waals surface area contributed by atoms with Gasteiger partial charge in [-0.25, -0.2) is 0 Å². The lowest BCUT2D eigenvalue weighted by atomic mass is 10.1. The molecule has 0 saturated carbocycles. The van der Waals surface area contributed by atoms with Crippen LogP contribution in [0, 0.1) is 13.8 Å². The molecule has 0 spiro atoms. The molecule has 1 N–H and O–H groups in total. The van der Waals surface area contributed by atoms with Crippen LogP contribution < -0.4 is 14.8 Å². The van der Waals surface area contributed by atoms with Gasteiger partial charge in [0.1, 0.15) is 18.1 Å². The second-order valence-corrected chi connectivity index (χ2v) is 8.92. The summed E-state index contributed by atoms with van der Waals surface area (Å²) in [4.78, 5) is 13.0. The number of aryl methyl sites for hydroxylation is 1. The minimum Gasteiger partial charge on any atom is -0.497 e. The Morgan fingerprint density at radius 2 is 1.77 bits per heavy atom. The third-order valence-corrected chi connectivity index (χ3v) is 6.09. The van der Waals surface area contributed by atoms with Crippen LogP contribution >= 0.6 is 23.2 Å². The van der Waals surface area contributed by atoms with E-state index in [1.54, 1.807) is 37.4 Å². The number of nitrogens with one attached hydrogen (secondary N) is 1. The fourth-order valence-electron chi connectivity index (χ4n) is 3.72. The number of nitrogens with zero attached hydrogens (tertiary/aromatic N) is 2.